The van der Waals surface area contributed by atoms with E-state index in [4.69, 9.17) is 0 Å². The molecule has 1 unspecified atom stereocenters. The Labute approximate surface area is 154 Å². The normalized spacial score (nSPS) is 9.72. The number of aldehydes is 1. The molecule has 5 nitrogen and oxygen atoms in total. The summed E-state index contributed by atoms with van der Waals surface area (Å²) in [6.45, 7) is 8.21. The number of hydrogen-bond donors (Lipinski definition) is 2. The van der Waals surface area contributed by atoms with Crippen molar-refractivity contribution in [2.45, 2.75) is 27.7 Å². The number of aryl methyl sites for hydroxylation is 2. The molecule has 0 aliphatic rings. The minimum atomic E-state index is -0.823. The predicted molar refractivity (Wildman–Crippen MR) is 110 cm³/mol. The van der Waals surface area contributed by atoms with Gasteiger partial charge < -0.3 is 5.32 Å². The van der Waals surface area contributed by atoms with Crippen LogP contribution < -0.4 is 10.0 Å². The fourth-order valence-electron chi connectivity index (χ4n) is 1.52. The van der Waals surface area contributed by atoms with Gasteiger partial charge in [-0.2, -0.15) is 0 Å². The first-order valence-electron chi connectivity index (χ1n) is 8.05. The van der Waals surface area contributed by atoms with E-state index in [9.17, 15) is 9.00 Å². The van der Waals surface area contributed by atoms with E-state index in [-0.39, 0.29) is 0 Å². The van der Waals surface area contributed by atoms with E-state index < -0.39 is 11.0 Å². The molecule has 6 heteroatoms. The van der Waals surface area contributed by atoms with Crippen LogP contribution in [0.15, 0.2) is 42.7 Å². The molecule has 0 bridgehead atoms. The average molecular weight is 366 g/mol. The molecule has 1 heterocycles. The van der Waals surface area contributed by atoms with Gasteiger partial charge >= 0.3 is 0 Å². The molecule has 140 valence electrons. The molecule has 25 heavy (non-hydrogen) atoms. The van der Waals surface area contributed by atoms with Crippen molar-refractivity contribution in [2.75, 3.05) is 25.7 Å². The Bertz CT molecular complexity index is 602. The van der Waals surface area contributed by atoms with Gasteiger partial charge in [0.2, 0.25) is 0 Å². The number of nitrogens with zero attached hydrogens (tertiary/aromatic N) is 1. The van der Waals surface area contributed by atoms with Crippen molar-refractivity contribution in [2.24, 2.45) is 0 Å². The number of rotatable bonds is 3. The molecule has 0 aliphatic carbocycles. The Morgan fingerprint density at radius 3 is 1.88 bits per heavy atom. The Morgan fingerprint density at radius 2 is 1.60 bits per heavy atom. The van der Waals surface area contributed by atoms with Crippen molar-refractivity contribution in [3.05, 3.63) is 59.4 Å². The third kappa shape index (κ3) is 14.0. The van der Waals surface area contributed by atoms with Crippen molar-refractivity contribution in [1.29, 1.82) is 0 Å². The number of pyridine rings is 1. The maximum atomic E-state index is 10.3. The van der Waals surface area contributed by atoms with E-state index in [1.165, 1.54) is 11.1 Å². The highest BCUT2D eigenvalue weighted by Gasteiger charge is 1.95. The molecule has 0 radical (unpaired) electrons. The molecule has 0 spiro atoms. The summed E-state index contributed by atoms with van der Waals surface area (Å²) in [6.07, 6.45) is 5.59. The summed E-state index contributed by atoms with van der Waals surface area (Å²) < 4.78 is 12.3. The lowest BCUT2D eigenvalue weighted by Gasteiger charge is -1.99. The van der Waals surface area contributed by atoms with Gasteiger partial charge in [-0.1, -0.05) is 49.2 Å². The maximum absolute atomic E-state index is 10.3. The third-order valence-corrected chi connectivity index (χ3v) is 3.29. The molecule has 0 fully saturated rings. The second-order valence-electron chi connectivity index (χ2n) is 4.65. The van der Waals surface area contributed by atoms with E-state index in [0.717, 1.165) is 12.0 Å². The van der Waals surface area contributed by atoms with Gasteiger partial charge in [0, 0.05) is 25.1 Å². The van der Waals surface area contributed by atoms with Crippen molar-refractivity contribution in [3.8, 4) is 0 Å². The number of anilines is 1. The van der Waals surface area contributed by atoms with E-state index in [2.05, 4.69) is 53.1 Å². The molecule has 2 N–H and O–H groups in total. The molecule has 0 saturated heterocycles. The fourth-order valence-corrected chi connectivity index (χ4v) is 1.52. The average Bonchev–Trinajstić information content (AvgIpc) is 2.64. The van der Waals surface area contributed by atoms with E-state index >= 15 is 0 Å². The molecule has 2 rings (SSSR count). The Morgan fingerprint density at radius 1 is 1.08 bits per heavy atom. The van der Waals surface area contributed by atoms with Crippen LogP contribution in [0.3, 0.4) is 0 Å². The van der Waals surface area contributed by atoms with Gasteiger partial charge in [0.1, 0.15) is 0 Å². The van der Waals surface area contributed by atoms with E-state index in [1.807, 2.05) is 13.8 Å². The smallest absolute Gasteiger partial charge is 0.152 e. The highest BCUT2D eigenvalue weighted by Crippen LogP contribution is 2.08. The van der Waals surface area contributed by atoms with Crippen LogP contribution in [-0.2, 0) is 11.0 Å². The molecule has 0 amide bonds. The van der Waals surface area contributed by atoms with Crippen molar-refractivity contribution in [3.63, 3.8) is 0 Å². The summed E-state index contributed by atoms with van der Waals surface area (Å²) in [5.41, 5.74) is 4.07. The summed E-state index contributed by atoms with van der Waals surface area (Å²) >= 11 is 0. The van der Waals surface area contributed by atoms with Gasteiger partial charge in [-0.25, -0.2) is 8.93 Å². The zero-order chi connectivity index (χ0) is 19.7. The van der Waals surface area contributed by atoms with Crippen LogP contribution in [0, 0.1) is 13.8 Å². The van der Waals surface area contributed by atoms with Crippen LogP contribution in [0.4, 0.5) is 5.69 Å². The van der Waals surface area contributed by atoms with Crippen molar-refractivity contribution < 1.29 is 9.00 Å². The fraction of sp³-hybridized carbons (Fsp3) is 0.368. The minimum Gasteiger partial charge on any atom is -0.386 e. The lowest BCUT2D eigenvalue weighted by Crippen LogP contribution is -2.06. The summed E-state index contributed by atoms with van der Waals surface area (Å²) in [4.78, 5) is 14.2. The number of hydrogen-bond acceptors (Lipinski definition) is 4. The van der Waals surface area contributed by atoms with Crippen LogP contribution >= 0.6 is 0 Å². The first kappa shape index (κ1) is 25.2. The van der Waals surface area contributed by atoms with Crippen LogP contribution in [0.25, 0.3) is 0 Å². The Kier molecular flexibility index (Phi) is 16.9. The molecule has 2 aromatic rings. The molecule has 1 atom stereocenters. The first-order chi connectivity index (χ1) is 11.9. The quantitative estimate of drug-likeness (QED) is 0.812. The van der Waals surface area contributed by atoms with Gasteiger partial charge in [-0.05, 0) is 27.0 Å². The molecular formula is C19H31N3O2S. The number of carbonyl (C=O) groups excluding carboxylic acids is 1. The van der Waals surface area contributed by atoms with Gasteiger partial charge in [0.25, 0.3) is 0 Å². The predicted octanol–water partition coefficient (Wildman–Crippen LogP) is 3.76. The minimum absolute atomic E-state index is 0.637. The van der Waals surface area contributed by atoms with E-state index in [1.54, 1.807) is 38.8 Å². The van der Waals surface area contributed by atoms with Crippen LogP contribution in [0.5, 0.6) is 0 Å². The summed E-state index contributed by atoms with van der Waals surface area (Å²) in [6, 6.07) is 10.1. The van der Waals surface area contributed by atoms with Crippen LogP contribution in [0.2, 0.25) is 0 Å². The van der Waals surface area contributed by atoms with Crippen LogP contribution in [-0.4, -0.2) is 35.8 Å². The molecule has 0 saturated carbocycles. The Balaban J connectivity index is 0. The highest BCUT2D eigenvalue weighted by atomic mass is 32.2. The number of nitrogens with one attached hydrogen (secondary N) is 2. The zero-order valence-corrected chi connectivity index (χ0v) is 17.1. The zero-order valence-electron chi connectivity index (χ0n) is 16.3. The lowest BCUT2D eigenvalue weighted by molar-refractivity contribution is 0.112. The molecule has 0 aliphatic heterocycles. The largest absolute Gasteiger partial charge is 0.386 e. The van der Waals surface area contributed by atoms with Gasteiger partial charge in [-0.15, -0.1) is 0 Å². The topological polar surface area (TPSA) is 71.1 Å². The van der Waals surface area contributed by atoms with E-state index in [0.29, 0.717) is 5.56 Å². The maximum Gasteiger partial charge on any atom is 0.152 e. The van der Waals surface area contributed by atoms with Crippen molar-refractivity contribution in [1.82, 2.24) is 9.71 Å². The van der Waals surface area contributed by atoms with Gasteiger partial charge in [0.15, 0.2) is 6.29 Å². The third-order valence-electron chi connectivity index (χ3n) is 2.71. The molecular weight excluding hydrogens is 334 g/mol. The lowest BCUT2D eigenvalue weighted by atomic mass is 10.2. The monoisotopic (exact) mass is 365 g/mol. The SMILES string of the molecule is CC.CNS(C)=O.CNc1cnccc1C=O.Cc1cccc(C)c1. The summed E-state index contributed by atoms with van der Waals surface area (Å²) in [7, 11) is 2.58. The van der Waals surface area contributed by atoms with Gasteiger partial charge in [0.05, 0.1) is 22.9 Å². The summed E-state index contributed by atoms with van der Waals surface area (Å²) in [5, 5.41) is 2.85. The molecule has 1 aromatic carbocycles. The first-order valence-corrected chi connectivity index (χ1v) is 9.61. The van der Waals surface area contributed by atoms with Crippen LogP contribution in [0.1, 0.15) is 35.3 Å². The summed E-state index contributed by atoms with van der Waals surface area (Å²) in [5.74, 6) is 0. The number of aromatic nitrogens is 1. The number of benzene rings is 1. The second-order valence-corrected chi connectivity index (χ2v) is 5.96. The Hall–Kier alpha value is -2.05. The van der Waals surface area contributed by atoms with Crippen molar-refractivity contribution >= 4 is 23.0 Å². The molecule has 1 aromatic heterocycles. The standard InChI is InChI=1S/C8H10.C7H8N2O.C2H7NOS.C2H6/c1-7-4-3-5-8(2)6-7;1-8-7-4-9-3-2-6(7)5-10;1-3-5(2)4;1-2/h3-6H,1-2H3;2-5,8H,1H3;3H,1-2H3;1-2H3. The second kappa shape index (κ2) is 16.8. The number of carbonyl (C=O) groups is 1. The van der Waals surface area contributed by atoms with Gasteiger partial charge in [-0.3, -0.25) is 9.78 Å². The highest BCUT2D eigenvalue weighted by molar-refractivity contribution is 7.82.